The van der Waals surface area contributed by atoms with Crippen LogP contribution < -0.4 is 14.8 Å². The number of ether oxygens (including phenoxy) is 2. The van der Waals surface area contributed by atoms with Gasteiger partial charge in [-0.05, 0) is 24.5 Å². The van der Waals surface area contributed by atoms with Gasteiger partial charge in [0.25, 0.3) is 0 Å². The quantitative estimate of drug-likeness (QED) is 0.906. The number of hydrogen-bond donors (Lipinski definition) is 1. The molecule has 7 heteroatoms. The summed E-state index contributed by atoms with van der Waals surface area (Å²) in [7, 11) is -2.94. The van der Waals surface area contributed by atoms with E-state index in [1.54, 1.807) is 18.2 Å². The van der Waals surface area contributed by atoms with Crippen LogP contribution in [0.2, 0.25) is 0 Å². The van der Waals surface area contributed by atoms with Crippen LogP contribution >= 0.6 is 0 Å². The molecule has 0 aliphatic carbocycles. The van der Waals surface area contributed by atoms with Crippen LogP contribution in [-0.2, 0) is 14.6 Å². The van der Waals surface area contributed by atoms with E-state index >= 15 is 0 Å². The minimum absolute atomic E-state index is 0.0750. The number of rotatable bonds is 3. The van der Waals surface area contributed by atoms with Gasteiger partial charge in [-0.1, -0.05) is 0 Å². The van der Waals surface area contributed by atoms with Crippen molar-refractivity contribution in [3.05, 3.63) is 18.2 Å². The predicted molar refractivity (Wildman–Crippen MR) is 72.6 cm³/mol. The van der Waals surface area contributed by atoms with Crippen molar-refractivity contribution in [3.8, 4) is 11.5 Å². The first kappa shape index (κ1) is 13.2. The van der Waals surface area contributed by atoms with E-state index in [1.165, 1.54) is 0 Å². The van der Waals surface area contributed by atoms with Gasteiger partial charge in [-0.15, -0.1) is 0 Å². The Morgan fingerprint density at radius 2 is 2.10 bits per heavy atom. The maximum Gasteiger partial charge on any atom is 0.231 e. The molecule has 0 saturated carbocycles. The predicted octanol–water partition coefficient (Wildman–Crippen LogP) is 1.18. The van der Waals surface area contributed by atoms with E-state index in [1.807, 2.05) is 0 Å². The summed E-state index contributed by atoms with van der Waals surface area (Å²) in [5.41, 5.74) is 0.625. The zero-order chi connectivity index (χ0) is 14.2. The second-order valence-electron chi connectivity index (χ2n) is 5.09. The smallest absolute Gasteiger partial charge is 0.231 e. The third-order valence-electron chi connectivity index (χ3n) is 3.46. The lowest BCUT2D eigenvalue weighted by Gasteiger charge is -2.09. The summed E-state index contributed by atoms with van der Waals surface area (Å²) >= 11 is 0. The minimum Gasteiger partial charge on any atom is -0.454 e. The first-order valence-electron chi connectivity index (χ1n) is 6.42. The molecule has 1 aromatic rings. The van der Waals surface area contributed by atoms with Crippen molar-refractivity contribution >= 4 is 21.4 Å². The largest absolute Gasteiger partial charge is 0.454 e. The Kier molecular flexibility index (Phi) is 3.29. The molecule has 1 atom stereocenters. The first-order chi connectivity index (χ1) is 9.52. The first-order valence-corrected chi connectivity index (χ1v) is 8.24. The molecule has 2 aliphatic heterocycles. The molecule has 2 heterocycles. The molecule has 0 bridgehead atoms. The second kappa shape index (κ2) is 4.97. The highest BCUT2D eigenvalue weighted by atomic mass is 32.2. The number of carbonyl (C=O) groups is 1. The van der Waals surface area contributed by atoms with E-state index in [-0.39, 0.29) is 36.5 Å². The van der Waals surface area contributed by atoms with Gasteiger partial charge < -0.3 is 14.8 Å². The summed E-state index contributed by atoms with van der Waals surface area (Å²) in [6.07, 6.45) is 0.796. The van der Waals surface area contributed by atoms with Crippen LogP contribution in [0.15, 0.2) is 18.2 Å². The van der Waals surface area contributed by atoms with Gasteiger partial charge in [0, 0.05) is 18.2 Å². The summed E-state index contributed by atoms with van der Waals surface area (Å²) in [6, 6.07) is 5.17. The average Bonchev–Trinajstić information content (AvgIpc) is 2.95. The molecular weight excluding hydrogens is 282 g/mol. The maximum atomic E-state index is 11.9. The zero-order valence-corrected chi connectivity index (χ0v) is 11.6. The average molecular weight is 297 g/mol. The van der Waals surface area contributed by atoms with Gasteiger partial charge in [-0.25, -0.2) is 8.42 Å². The molecule has 2 aliphatic rings. The normalized spacial score (nSPS) is 22.7. The minimum atomic E-state index is -2.94. The van der Waals surface area contributed by atoms with Gasteiger partial charge in [0.15, 0.2) is 21.3 Å². The molecular formula is C13H15NO5S. The Balaban J connectivity index is 1.59. The zero-order valence-electron chi connectivity index (χ0n) is 10.8. The number of sulfone groups is 1. The highest BCUT2D eigenvalue weighted by Gasteiger charge is 2.29. The fourth-order valence-corrected chi connectivity index (χ4v) is 4.34. The van der Waals surface area contributed by atoms with E-state index in [9.17, 15) is 13.2 Å². The number of anilines is 1. The van der Waals surface area contributed by atoms with Crippen LogP contribution in [0.1, 0.15) is 12.8 Å². The molecule has 1 saturated heterocycles. The summed E-state index contributed by atoms with van der Waals surface area (Å²) in [5, 5.41) is 2.76. The molecule has 1 amide bonds. The number of benzene rings is 1. The van der Waals surface area contributed by atoms with Crippen molar-refractivity contribution in [2.24, 2.45) is 5.92 Å². The van der Waals surface area contributed by atoms with Gasteiger partial charge in [0.2, 0.25) is 12.7 Å². The fraction of sp³-hybridized carbons (Fsp3) is 0.462. The number of carbonyl (C=O) groups excluding carboxylic acids is 1. The highest BCUT2D eigenvalue weighted by molar-refractivity contribution is 7.91. The lowest BCUT2D eigenvalue weighted by atomic mass is 10.1. The van der Waals surface area contributed by atoms with Gasteiger partial charge in [-0.3, -0.25) is 4.79 Å². The summed E-state index contributed by atoms with van der Waals surface area (Å²) in [5.74, 6) is 1.31. The third-order valence-corrected chi connectivity index (χ3v) is 5.29. The molecule has 1 fully saturated rings. The molecule has 20 heavy (non-hydrogen) atoms. The van der Waals surface area contributed by atoms with E-state index in [0.717, 1.165) is 0 Å². The molecule has 0 spiro atoms. The Morgan fingerprint density at radius 1 is 1.30 bits per heavy atom. The lowest BCUT2D eigenvalue weighted by molar-refractivity contribution is -0.116. The Hall–Kier alpha value is -1.76. The number of hydrogen-bond acceptors (Lipinski definition) is 5. The van der Waals surface area contributed by atoms with Gasteiger partial charge in [0.1, 0.15) is 0 Å². The van der Waals surface area contributed by atoms with E-state index < -0.39 is 9.84 Å². The van der Waals surface area contributed by atoms with Crippen molar-refractivity contribution in [2.75, 3.05) is 23.6 Å². The van der Waals surface area contributed by atoms with Crippen molar-refractivity contribution in [1.29, 1.82) is 0 Å². The number of fused-ring (bicyclic) bond motifs is 1. The molecule has 108 valence electrons. The van der Waals surface area contributed by atoms with Crippen LogP contribution in [0.3, 0.4) is 0 Å². The van der Waals surface area contributed by atoms with Crippen LogP contribution in [0.25, 0.3) is 0 Å². The standard InChI is InChI=1S/C13H15NO5S/c15-13(5-9-3-4-20(16,17)7-9)14-10-1-2-11-12(6-10)19-8-18-11/h1-2,6,9H,3-5,7-8H2,(H,14,15)/t9-/m0/s1. The van der Waals surface area contributed by atoms with E-state index in [2.05, 4.69) is 5.32 Å². The number of amides is 1. The summed E-state index contributed by atoms with van der Waals surface area (Å²) in [4.78, 5) is 11.9. The SMILES string of the molecule is O=C(C[C@@H]1CCS(=O)(=O)C1)Nc1ccc2c(c1)OCO2. The monoisotopic (exact) mass is 297 g/mol. The second-order valence-corrected chi connectivity index (χ2v) is 7.32. The van der Waals surface area contributed by atoms with Crippen LogP contribution in [0.5, 0.6) is 11.5 Å². The Bertz CT molecular complexity index is 640. The van der Waals surface area contributed by atoms with Gasteiger partial charge in [-0.2, -0.15) is 0 Å². The van der Waals surface area contributed by atoms with Crippen LogP contribution in [0.4, 0.5) is 5.69 Å². The van der Waals surface area contributed by atoms with Crippen molar-refractivity contribution < 1.29 is 22.7 Å². The lowest BCUT2D eigenvalue weighted by Crippen LogP contribution is -2.17. The number of nitrogens with one attached hydrogen (secondary N) is 1. The molecule has 0 radical (unpaired) electrons. The van der Waals surface area contributed by atoms with Crippen LogP contribution in [0, 0.1) is 5.92 Å². The van der Waals surface area contributed by atoms with Crippen molar-refractivity contribution in [3.63, 3.8) is 0 Å². The molecule has 1 aromatic carbocycles. The van der Waals surface area contributed by atoms with Crippen molar-refractivity contribution in [1.82, 2.24) is 0 Å². The summed E-state index contributed by atoms with van der Waals surface area (Å²) < 4.78 is 33.1. The molecule has 6 nitrogen and oxygen atoms in total. The van der Waals surface area contributed by atoms with Crippen LogP contribution in [-0.4, -0.2) is 32.6 Å². The summed E-state index contributed by atoms with van der Waals surface area (Å²) in [6.45, 7) is 0.187. The Labute approximate surface area is 117 Å². The van der Waals surface area contributed by atoms with Gasteiger partial charge in [0.05, 0.1) is 11.5 Å². The highest BCUT2D eigenvalue weighted by Crippen LogP contribution is 2.34. The Morgan fingerprint density at radius 3 is 2.85 bits per heavy atom. The molecule has 0 aromatic heterocycles. The van der Waals surface area contributed by atoms with E-state index in [0.29, 0.717) is 23.6 Å². The third kappa shape index (κ3) is 2.87. The van der Waals surface area contributed by atoms with E-state index in [4.69, 9.17) is 9.47 Å². The molecule has 3 rings (SSSR count). The van der Waals surface area contributed by atoms with Crippen molar-refractivity contribution in [2.45, 2.75) is 12.8 Å². The molecule has 1 N–H and O–H groups in total. The molecule has 0 unspecified atom stereocenters. The topological polar surface area (TPSA) is 81.7 Å². The maximum absolute atomic E-state index is 11.9. The fourth-order valence-electron chi connectivity index (χ4n) is 2.48. The van der Waals surface area contributed by atoms with Gasteiger partial charge >= 0.3 is 0 Å².